The third kappa shape index (κ3) is 7.70. The Morgan fingerprint density at radius 3 is 2.36 bits per heavy atom. The topological polar surface area (TPSA) is 111 Å². The Kier molecular flexibility index (Phi) is 9.62. The van der Waals surface area contributed by atoms with Crippen molar-refractivity contribution in [2.75, 3.05) is 19.8 Å². The maximum atomic E-state index is 8.74. The normalized spacial score (nSPS) is 15.3. The first-order chi connectivity index (χ1) is 4.70. The fraction of sp³-hybridized carbons (Fsp3) is 1.00. The van der Waals surface area contributed by atoms with Gasteiger partial charge in [-0.05, 0) is 6.92 Å². The lowest BCUT2D eigenvalue weighted by Gasteiger charge is -2.13. The van der Waals surface area contributed by atoms with Crippen LogP contribution in [0.2, 0.25) is 0 Å². The summed E-state index contributed by atoms with van der Waals surface area (Å²) < 4.78 is 4.98. The minimum Gasteiger partial charge on any atom is -0.394 e. The van der Waals surface area contributed by atoms with E-state index in [1.165, 1.54) is 0 Å². The van der Waals surface area contributed by atoms with Crippen LogP contribution in [0.15, 0.2) is 0 Å². The van der Waals surface area contributed by atoms with E-state index in [2.05, 4.69) is 0 Å². The first-order valence-corrected chi connectivity index (χ1v) is 3.31. The summed E-state index contributed by atoms with van der Waals surface area (Å²) in [7, 11) is 0. The van der Waals surface area contributed by atoms with Gasteiger partial charge in [0, 0.05) is 6.54 Å². The second kappa shape index (κ2) is 7.90. The van der Waals surface area contributed by atoms with Gasteiger partial charge in [0.2, 0.25) is 0 Å². The molecule has 11 heavy (non-hydrogen) atoms. The van der Waals surface area contributed by atoms with Crippen LogP contribution in [0.1, 0.15) is 6.92 Å². The van der Waals surface area contributed by atoms with Gasteiger partial charge >= 0.3 is 0 Å². The smallest absolute Gasteiger partial charge is 0.0928 e. The average Bonchev–Trinajstić information content (AvgIpc) is 1.90. The van der Waals surface area contributed by atoms with E-state index in [0.29, 0.717) is 0 Å². The van der Waals surface area contributed by atoms with Crippen LogP contribution in [0.4, 0.5) is 0 Å². The van der Waals surface area contributed by atoms with Crippen LogP contribution in [0.25, 0.3) is 0 Å². The molecule has 5 nitrogen and oxygen atoms in total. The lowest BCUT2D eigenvalue weighted by Crippen LogP contribution is -2.30. The third-order valence-electron chi connectivity index (χ3n) is 1.04. The summed E-state index contributed by atoms with van der Waals surface area (Å²) in [5.74, 6) is 0. The van der Waals surface area contributed by atoms with Crippen LogP contribution >= 0.6 is 0 Å². The number of aliphatic hydroxyl groups excluding tert-OH is 2. The van der Waals surface area contributed by atoms with Gasteiger partial charge in [0.1, 0.15) is 0 Å². The second-order valence-electron chi connectivity index (χ2n) is 2.22. The number of rotatable bonds is 5. The highest BCUT2D eigenvalue weighted by Gasteiger charge is 2.05. The number of aliphatic hydroxyl groups is 2. The first kappa shape index (κ1) is 13.4. The van der Waals surface area contributed by atoms with Crippen molar-refractivity contribution in [1.29, 1.82) is 0 Å². The van der Waals surface area contributed by atoms with Gasteiger partial charge in [0.05, 0.1) is 25.4 Å². The molecule has 0 aromatic heterocycles. The molecule has 0 saturated carbocycles. The lowest BCUT2D eigenvalue weighted by molar-refractivity contribution is -0.0220. The maximum absolute atomic E-state index is 8.74. The molecule has 2 unspecified atom stereocenters. The molecule has 0 aliphatic rings. The average molecular weight is 166 g/mol. The van der Waals surface area contributed by atoms with E-state index in [9.17, 15) is 0 Å². The zero-order chi connectivity index (χ0) is 7.98. The Morgan fingerprint density at radius 1 is 1.55 bits per heavy atom. The molecule has 70 valence electrons. The fourth-order valence-corrected chi connectivity index (χ4v) is 0.471. The van der Waals surface area contributed by atoms with Gasteiger partial charge in [0.25, 0.3) is 0 Å². The first-order valence-electron chi connectivity index (χ1n) is 3.31. The van der Waals surface area contributed by atoms with E-state index in [0.717, 1.165) is 0 Å². The van der Waals surface area contributed by atoms with Crippen molar-refractivity contribution in [3.8, 4) is 0 Å². The molecule has 0 amide bonds. The highest BCUT2D eigenvalue weighted by Crippen LogP contribution is 1.90. The van der Waals surface area contributed by atoms with Crippen molar-refractivity contribution in [2.45, 2.75) is 19.1 Å². The third-order valence-corrected chi connectivity index (χ3v) is 1.04. The van der Waals surface area contributed by atoms with E-state index >= 15 is 0 Å². The van der Waals surface area contributed by atoms with Crippen LogP contribution in [0.5, 0.6) is 0 Å². The van der Waals surface area contributed by atoms with E-state index in [1.54, 1.807) is 6.92 Å². The van der Waals surface area contributed by atoms with Crippen LogP contribution in [0, 0.1) is 0 Å². The summed E-state index contributed by atoms with van der Waals surface area (Å²) in [5, 5.41) is 17.3. The minimum atomic E-state index is -0.499. The van der Waals surface area contributed by atoms with Crippen LogP contribution in [-0.2, 0) is 4.74 Å². The Labute approximate surface area is 66.7 Å². The highest BCUT2D eigenvalue weighted by molar-refractivity contribution is 4.56. The van der Waals surface area contributed by atoms with E-state index in [-0.39, 0.29) is 32.0 Å². The predicted octanol–water partition coefficient (Wildman–Crippen LogP) is -1.13. The largest absolute Gasteiger partial charge is 0.394 e. The van der Waals surface area contributed by atoms with Gasteiger partial charge < -0.3 is 26.8 Å². The van der Waals surface area contributed by atoms with Crippen LogP contribution < -0.4 is 11.9 Å². The van der Waals surface area contributed by atoms with Gasteiger partial charge in [-0.25, -0.2) is 0 Å². The summed E-state index contributed by atoms with van der Waals surface area (Å²) in [6.45, 7) is 2.03. The summed E-state index contributed by atoms with van der Waals surface area (Å²) in [6.07, 6.45) is -0.838. The van der Waals surface area contributed by atoms with E-state index < -0.39 is 6.10 Å². The van der Waals surface area contributed by atoms with E-state index in [1.807, 2.05) is 0 Å². The molecule has 0 aliphatic carbocycles. The molecular formula is C6H18N2O3. The molecule has 2 atom stereocenters. The van der Waals surface area contributed by atoms with Gasteiger partial charge in [-0.15, -0.1) is 0 Å². The zero-order valence-electron chi connectivity index (χ0n) is 6.86. The quantitative estimate of drug-likeness (QED) is 0.413. The van der Waals surface area contributed by atoms with Crippen molar-refractivity contribution in [1.82, 2.24) is 6.15 Å². The molecule has 0 spiro atoms. The standard InChI is InChI=1S/C6H15NO3.H3N/c1-5(9)4-10-6(2-7)3-8;/h5-6,8-9H,2-4,7H2,1H3;1H3. The molecule has 0 radical (unpaired) electrons. The molecule has 7 N–H and O–H groups in total. The van der Waals surface area contributed by atoms with Crippen molar-refractivity contribution >= 4 is 0 Å². The zero-order valence-corrected chi connectivity index (χ0v) is 6.86. The van der Waals surface area contributed by atoms with Crippen LogP contribution in [0.3, 0.4) is 0 Å². The Morgan fingerprint density at radius 2 is 2.09 bits per heavy atom. The van der Waals surface area contributed by atoms with Crippen molar-refractivity contribution < 1.29 is 14.9 Å². The molecule has 0 aliphatic heterocycles. The van der Waals surface area contributed by atoms with E-state index in [4.69, 9.17) is 20.7 Å². The lowest BCUT2D eigenvalue weighted by atomic mass is 10.4. The molecule has 0 heterocycles. The Hall–Kier alpha value is -0.200. The molecule has 5 heteroatoms. The molecule has 0 aromatic rings. The summed E-state index contributed by atoms with van der Waals surface area (Å²) in [5.41, 5.74) is 5.20. The monoisotopic (exact) mass is 166 g/mol. The van der Waals surface area contributed by atoms with Gasteiger partial charge in [-0.1, -0.05) is 0 Å². The highest BCUT2D eigenvalue weighted by atomic mass is 16.5. The molecule has 0 bridgehead atoms. The minimum absolute atomic E-state index is 0. The molecule has 0 saturated heterocycles. The molecule has 0 aromatic carbocycles. The Bertz CT molecular complexity index is 76.2. The SMILES string of the molecule is CC(O)COC(CN)CO.N. The van der Waals surface area contributed by atoms with Crippen molar-refractivity contribution in [3.05, 3.63) is 0 Å². The second-order valence-corrected chi connectivity index (χ2v) is 2.22. The number of ether oxygens (including phenoxy) is 1. The summed E-state index contributed by atoms with van der Waals surface area (Å²) in [6, 6.07) is 0. The molecular weight excluding hydrogens is 148 g/mol. The number of hydrogen-bond donors (Lipinski definition) is 4. The fourth-order valence-electron chi connectivity index (χ4n) is 0.471. The molecule has 0 fully saturated rings. The van der Waals surface area contributed by atoms with Crippen molar-refractivity contribution in [3.63, 3.8) is 0 Å². The summed E-state index contributed by atoms with van der Waals surface area (Å²) in [4.78, 5) is 0. The van der Waals surface area contributed by atoms with Gasteiger partial charge in [0.15, 0.2) is 0 Å². The number of nitrogens with two attached hydrogens (primary N) is 1. The van der Waals surface area contributed by atoms with Gasteiger partial charge in [-0.2, -0.15) is 0 Å². The molecule has 0 rings (SSSR count). The maximum Gasteiger partial charge on any atom is 0.0928 e. The number of hydrogen-bond acceptors (Lipinski definition) is 5. The summed E-state index contributed by atoms with van der Waals surface area (Å²) >= 11 is 0. The van der Waals surface area contributed by atoms with Gasteiger partial charge in [-0.3, -0.25) is 0 Å². The Balaban J connectivity index is 0. The van der Waals surface area contributed by atoms with Crippen LogP contribution in [-0.4, -0.2) is 42.2 Å². The van der Waals surface area contributed by atoms with Crippen molar-refractivity contribution in [2.24, 2.45) is 5.73 Å². The predicted molar refractivity (Wildman–Crippen MR) is 42.6 cm³/mol.